The summed E-state index contributed by atoms with van der Waals surface area (Å²) < 4.78 is 38.6. The Bertz CT molecular complexity index is 661. The fourth-order valence-corrected chi connectivity index (χ4v) is 2.85. The number of benzene rings is 1. The molecule has 0 aromatic heterocycles. The van der Waals surface area contributed by atoms with E-state index in [4.69, 9.17) is 10.2 Å². The number of aliphatic carboxylic acids is 1. The number of aliphatic hydroxyl groups is 1. The molecule has 0 aliphatic rings. The molecule has 0 amide bonds. The molecule has 1 aromatic carbocycles. The van der Waals surface area contributed by atoms with Crippen molar-refractivity contribution < 1.29 is 32.7 Å². The van der Waals surface area contributed by atoms with Crippen LogP contribution in [0.25, 0.3) is 0 Å². The van der Waals surface area contributed by atoms with Crippen molar-refractivity contribution in [2.75, 3.05) is 6.61 Å². The quantitative estimate of drug-likeness (QED) is 0.467. The lowest BCUT2D eigenvalue weighted by molar-refractivity contribution is -0.388. The molecule has 0 fully saturated rings. The van der Waals surface area contributed by atoms with Crippen LogP contribution in [0.15, 0.2) is 23.1 Å². The number of nitro groups is 1. The summed E-state index contributed by atoms with van der Waals surface area (Å²) >= 11 is 0. The van der Waals surface area contributed by atoms with Gasteiger partial charge in [0.2, 0.25) is 10.0 Å². The maximum Gasteiger partial charge on any atom is 0.321 e. The third-order valence-corrected chi connectivity index (χ3v) is 3.94. The number of nitro benzene ring substituents is 1. The summed E-state index contributed by atoms with van der Waals surface area (Å²) in [6.07, 6.45) is -0.427. The predicted octanol–water partition coefficient (Wildman–Crippen LogP) is -0.152. The zero-order valence-electron chi connectivity index (χ0n) is 10.4. The van der Waals surface area contributed by atoms with Gasteiger partial charge in [-0.05, 0) is 18.6 Å². The number of carboxylic acids is 1. The van der Waals surface area contributed by atoms with Gasteiger partial charge in [0.25, 0.3) is 5.69 Å². The largest absolute Gasteiger partial charge is 0.480 e. The molecular weight excluding hydrogens is 311 g/mol. The number of hydrogen-bond acceptors (Lipinski definition) is 6. The molecule has 11 heteroatoms. The lowest BCUT2D eigenvalue weighted by Gasteiger charge is -2.13. The zero-order valence-corrected chi connectivity index (χ0v) is 11.2. The van der Waals surface area contributed by atoms with Crippen LogP contribution in [0.5, 0.6) is 0 Å². The van der Waals surface area contributed by atoms with Gasteiger partial charge in [-0.1, -0.05) is 0 Å². The zero-order chi connectivity index (χ0) is 16.2. The normalized spacial score (nSPS) is 12.9. The van der Waals surface area contributed by atoms with Crippen LogP contribution in [0.3, 0.4) is 0 Å². The van der Waals surface area contributed by atoms with E-state index in [1.165, 1.54) is 0 Å². The van der Waals surface area contributed by atoms with Crippen molar-refractivity contribution in [2.24, 2.45) is 0 Å². The molecule has 21 heavy (non-hydrogen) atoms. The van der Waals surface area contributed by atoms with Gasteiger partial charge in [-0.3, -0.25) is 14.9 Å². The summed E-state index contributed by atoms with van der Waals surface area (Å²) in [5.74, 6) is -2.57. The molecule has 1 atom stereocenters. The number of carboxylic acid groups (broad SMARTS) is 1. The summed E-state index contributed by atoms with van der Waals surface area (Å²) in [6.45, 7) is -0.606. The molecule has 0 aliphatic heterocycles. The minimum absolute atomic E-state index is 0.413. The van der Waals surface area contributed by atoms with E-state index in [0.29, 0.717) is 18.2 Å². The SMILES string of the molecule is O=C(O)[C@H](CCO)NS(=O)(=O)c1ccc(F)cc1[N+](=O)[O-]. The van der Waals surface area contributed by atoms with E-state index in [9.17, 15) is 27.7 Å². The van der Waals surface area contributed by atoms with Gasteiger partial charge in [-0.2, -0.15) is 4.72 Å². The number of sulfonamides is 1. The molecule has 116 valence electrons. The molecule has 3 N–H and O–H groups in total. The Morgan fingerprint density at radius 1 is 1.48 bits per heavy atom. The van der Waals surface area contributed by atoms with E-state index in [-0.39, 0.29) is 0 Å². The highest BCUT2D eigenvalue weighted by atomic mass is 32.2. The Morgan fingerprint density at radius 2 is 2.10 bits per heavy atom. The molecule has 1 rings (SSSR count). The highest BCUT2D eigenvalue weighted by Crippen LogP contribution is 2.24. The van der Waals surface area contributed by atoms with Crippen LogP contribution in [0.4, 0.5) is 10.1 Å². The standard InChI is InChI=1S/C10H11FN2O7S/c11-6-1-2-9(8(5-6)13(17)18)21(19,20)12-7(3-4-14)10(15)16/h1-2,5,7,12,14H,3-4H2,(H,15,16)/t7-/m0/s1. The van der Waals surface area contributed by atoms with Crippen LogP contribution in [0, 0.1) is 15.9 Å². The van der Waals surface area contributed by atoms with Crippen molar-refractivity contribution in [3.63, 3.8) is 0 Å². The van der Waals surface area contributed by atoms with E-state index >= 15 is 0 Å². The number of rotatable bonds is 7. The van der Waals surface area contributed by atoms with Crippen molar-refractivity contribution in [3.8, 4) is 0 Å². The minimum atomic E-state index is -4.57. The maximum atomic E-state index is 13.0. The van der Waals surface area contributed by atoms with E-state index in [1.54, 1.807) is 4.72 Å². The van der Waals surface area contributed by atoms with E-state index in [1.807, 2.05) is 0 Å². The van der Waals surface area contributed by atoms with E-state index < -0.39 is 56.4 Å². The Morgan fingerprint density at radius 3 is 2.57 bits per heavy atom. The number of halogens is 1. The topological polar surface area (TPSA) is 147 Å². The third kappa shape index (κ3) is 4.18. The Labute approximate surface area is 118 Å². The first kappa shape index (κ1) is 16.9. The summed E-state index contributed by atoms with van der Waals surface area (Å²) in [7, 11) is -4.57. The molecule has 0 radical (unpaired) electrons. The average molecular weight is 322 g/mol. The second kappa shape index (κ2) is 6.56. The molecule has 1 aromatic rings. The van der Waals surface area contributed by atoms with Crippen LogP contribution in [-0.2, 0) is 14.8 Å². The Kier molecular flexibility index (Phi) is 5.29. The van der Waals surface area contributed by atoms with Crippen molar-refractivity contribution >= 4 is 21.7 Å². The number of hydrogen-bond donors (Lipinski definition) is 3. The van der Waals surface area contributed by atoms with Gasteiger partial charge < -0.3 is 10.2 Å². The Balaban J connectivity index is 3.25. The van der Waals surface area contributed by atoms with Gasteiger partial charge in [0.15, 0.2) is 4.90 Å². The summed E-state index contributed by atoms with van der Waals surface area (Å²) in [6, 6.07) is 0.109. The summed E-state index contributed by atoms with van der Waals surface area (Å²) in [5, 5.41) is 28.2. The number of carbonyl (C=O) groups is 1. The second-order valence-corrected chi connectivity index (χ2v) is 5.58. The molecule has 0 bridgehead atoms. The minimum Gasteiger partial charge on any atom is -0.480 e. The molecule has 0 spiro atoms. The molecule has 9 nitrogen and oxygen atoms in total. The predicted molar refractivity (Wildman–Crippen MR) is 66.5 cm³/mol. The molecule has 0 aliphatic carbocycles. The van der Waals surface area contributed by atoms with E-state index in [0.717, 1.165) is 0 Å². The van der Waals surface area contributed by atoms with Gasteiger partial charge >= 0.3 is 5.97 Å². The second-order valence-electron chi connectivity index (χ2n) is 3.89. The monoisotopic (exact) mass is 322 g/mol. The van der Waals surface area contributed by atoms with Gasteiger partial charge in [-0.25, -0.2) is 12.8 Å². The molecule has 0 saturated heterocycles. The van der Waals surface area contributed by atoms with Gasteiger partial charge in [0.1, 0.15) is 11.9 Å². The number of aliphatic hydroxyl groups excluding tert-OH is 1. The van der Waals surface area contributed by atoms with E-state index in [2.05, 4.69) is 0 Å². The van der Waals surface area contributed by atoms with Gasteiger partial charge in [0, 0.05) is 6.61 Å². The average Bonchev–Trinajstić information content (AvgIpc) is 2.37. The van der Waals surface area contributed by atoms with Gasteiger partial charge in [0.05, 0.1) is 11.0 Å². The number of nitrogens with zero attached hydrogens (tertiary/aromatic N) is 1. The lowest BCUT2D eigenvalue weighted by atomic mass is 10.2. The first-order valence-electron chi connectivity index (χ1n) is 5.49. The fraction of sp³-hybridized carbons (Fsp3) is 0.300. The highest BCUT2D eigenvalue weighted by molar-refractivity contribution is 7.89. The van der Waals surface area contributed by atoms with Crippen LogP contribution in [0.1, 0.15) is 6.42 Å². The van der Waals surface area contributed by atoms with Crippen molar-refractivity contribution in [1.82, 2.24) is 4.72 Å². The molecular formula is C10H11FN2O7S. The first-order chi connectivity index (χ1) is 9.69. The molecule has 0 saturated carbocycles. The summed E-state index contributed by atoms with van der Waals surface area (Å²) in [5.41, 5.74) is -1.02. The van der Waals surface area contributed by atoms with Crippen molar-refractivity contribution in [3.05, 3.63) is 34.1 Å². The Hall–Kier alpha value is -2.11. The smallest absolute Gasteiger partial charge is 0.321 e. The fourth-order valence-electron chi connectivity index (χ4n) is 1.47. The molecule has 0 heterocycles. The van der Waals surface area contributed by atoms with Crippen LogP contribution >= 0.6 is 0 Å². The summed E-state index contributed by atoms with van der Waals surface area (Å²) in [4.78, 5) is 19.6. The third-order valence-electron chi connectivity index (χ3n) is 2.42. The van der Waals surface area contributed by atoms with Crippen LogP contribution in [0.2, 0.25) is 0 Å². The van der Waals surface area contributed by atoms with Crippen LogP contribution < -0.4 is 4.72 Å². The van der Waals surface area contributed by atoms with Gasteiger partial charge in [-0.15, -0.1) is 0 Å². The maximum absolute atomic E-state index is 13.0. The highest BCUT2D eigenvalue weighted by Gasteiger charge is 2.30. The van der Waals surface area contributed by atoms with Crippen LogP contribution in [-0.4, -0.2) is 42.2 Å². The molecule has 0 unspecified atom stereocenters. The number of nitrogens with one attached hydrogen (secondary N) is 1. The van der Waals surface area contributed by atoms with Crippen molar-refractivity contribution in [1.29, 1.82) is 0 Å². The van der Waals surface area contributed by atoms with Crippen molar-refractivity contribution in [2.45, 2.75) is 17.4 Å². The first-order valence-corrected chi connectivity index (χ1v) is 6.97. The lowest BCUT2D eigenvalue weighted by Crippen LogP contribution is -2.41.